The second-order valence-corrected chi connectivity index (χ2v) is 10.5. The number of amides is 1. The maximum Gasteiger partial charge on any atom is 0.255 e. The fraction of sp³-hybridized carbons (Fsp3) is 0.429. The van der Waals surface area contributed by atoms with Crippen LogP contribution in [0.4, 0.5) is 11.5 Å². The van der Waals surface area contributed by atoms with Crippen LogP contribution >= 0.6 is 0 Å². The highest BCUT2D eigenvalue weighted by Gasteiger charge is 2.37. The van der Waals surface area contributed by atoms with Crippen molar-refractivity contribution in [2.45, 2.75) is 51.4 Å². The first-order valence-corrected chi connectivity index (χ1v) is 11.2. The van der Waals surface area contributed by atoms with Gasteiger partial charge in [-0.25, -0.2) is 13.4 Å². The summed E-state index contributed by atoms with van der Waals surface area (Å²) in [7, 11) is -3.39. The van der Waals surface area contributed by atoms with E-state index in [9.17, 15) is 13.2 Å². The lowest BCUT2D eigenvalue weighted by molar-refractivity contribution is 0.102. The molecule has 0 saturated heterocycles. The van der Waals surface area contributed by atoms with Crippen molar-refractivity contribution in [3.05, 3.63) is 53.2 Å². The van der Waals surface area contributed by atoms with Gasteiger partial charge in [0.25, 0.3) is 5.91 Å². The molecule has 1 aromatic heterocycles. The summed E-state index contributed by atoms with van der Waals surface area (Å²) in [5.41, 5.74) is 3.76. The van der Waals surface area contributed by atoms with Crippen molar-refractivity contribution >= 4 is 27.4 Å². The number of fused-ring (bicyclic) bond motifs is 1. The van der Waals surface area contributed by atoms with E-state index in [4.69, 9.17) is 0 Å². The van der Waals surface area contributed by atoms with Crippen molar-refractivity contribution in [1.82, 2.24) is 4.98 Å². The highest BCUT2D eigenvalue weighted by molar-refractivity contribution is 7.92. The maximum absolute atomic E-state index is 12.7. The summed E-state index contributed by atoms with van der Waals surface area (Å²) < 4.78 is 24.8. The van der Waals surface area contributed by atoms with Gasteiger partial charge >= 0.3 is 0 Å². The lowest BCUT2D eigenvalue weighted by atomic mass is 9.63. The number of carbonyl (C=O) groups is 1. The summed E-state index contributed by atoms with van der Waals surface area (Å²) in [4.78, 5) is 16.8. The van der Waals surface area contributed by atoms with Crippen molar-refractivity contribution in [2.75, 3.05) is 16.3 Å². The van der Waals surface area contributed by atoms with Crippen LogP contribution in [0.3, 0.4) is 0 Å². The molecule has 7 heteroatoms. The van der Waals surface area contributed by atoms with Gasteiger partial charge in [-0.1, -0.05) is 33.8 Å². The molecule has 1 aliphatic rings. The molecule has 0 atom stereocenters. The number of anilines is 2. The standard InChI is InChI=1S/C21H27N3O3S/c1-20(2)10-11-21(3,4)17-12-14(6-8-16(17)20)19(25)23-15-7-9-18(22-13-15)24-28(5,26)27/h6-9,12-13H,10-11H2,1-5H3,(H,22,24)(H,23,25). The first kappa shape index (κ1) is 20.3. The van der Waals surface area contributed by atoms with E-state index in [1.165, 1.54) is 23.4 Å². The molecular weight excluding hydrogens is 374 g/mol. The van der Waals surface area contributed by atoms with Crippen molar-refractivity contribution in [2.24, 2.45) is 0 Å². The number of rotatable bonds is 4. The van der Waals surface area contributed by atoms with E-state index in [0.717, 1.165) is 19.1 Å². The minimum atomic E-state index is -3.39. The molecule has 150 valence electrons. The molecule has 0 aliphatic heterocycles. The number of pyridine rings is 1. The largest absolute Gasteiger partial charge is 0.321 e. The zero-order valence-corrected chi connectivity index (χ0v) is 17.8. The van der Waals surface area contributed by atoms with E-state index in [2.05, 4.69) is 48.8 Å². The van der Waals surface area contributed by atoms with E-state index in [0.29, 0.717) is 11.3 Å². The molecule has 0 saturated carbocycles. The zero-order valence-electron chi connectivity index (χ0n) is 17.0. The molecular formula is C21H27N3O3S. The Balaban J connectivity index is 1.82. The van der Waals surface area contributed by atoms with Gasteiger partial charge in [-0.2, -0.15) is 0 Å². The van der Waals surface area contributed by atoms with Crippen LogP contribution in [0.15, 0.2) is 36.5 Å². The molecule has 0 radical (unpaired) electrons. The second kappa shape index (κ2) is 6.88. The molecule has 0 bridgehead atoms. The second-order valence-electron chi connectivity index (χ2n) is 8.79. The van der Waals surface area contributed by atoms with Crippen LogP contribution in [0.2, 0.25) is 0 Å². The number of aromatic nitrogens is 1. The predicted molar refractivity (Wildman–Crippen MR) is 112 cm³/mol. The van der Waals surface area contributed by atoms with Crippen molar-refractivity contribution in [3.8, 4) is 0 Å². The van der Waals surface area contributed by atoms with Crippen LogP contribution in [0.1, 0.15) is 62.0 Å². The highest BCUT2D eigenvalue weighted by Crippen LogP contribution is 2.45. The van der Waals surface area contributed by atoms with Gasteiger partial charge in [-0.05, 0) is 59.1 Å². The van der Waals surface area contributed by atoms with E-state index < -0.39 is 10.0 Å². The third-order valence-corrected chi connectivity index (χ3v) is 6.01. The zero-order chi connectivity index (χ0) is 20.7. The summed E-state index contributed by atoms with van der Waals surface area (Å²) in [5, 5.41) is 2.82. The van der Waals surface area contributed by atoms with Crippen molar-refractivity contribution in [3.63, 3.8) is 0 Å². The van der Waals surface area contributed by atoms with Crippen molar-refractivity contribution in [1.29, 1.82) is 0 Å². The summed E-state index contributed by atoms with van der Waals surface area (Å²) in [6.07, 6.45) is 4.69. The lowest BCUT2D eigenvalue weighted by Gasteiger charge is -2.42. The van der Waals surface area contributed by atoms with Gasteiger partial charge in [-0.15, -0.1) is 0 Å². The lowest BCUT2D eigenvalue weighted by Crippen LogP contribution is -2.34. The molecule has 2 aromatic rings. The van der Waals surface area contributed by atoms with Gasteiger partial charge in [0, 0.05) is 5.56 Å². The Morgan fingerprint density at radius 3 is 2.21 bits per heavy atom. The Kier molecular flexibility index (Phi) is 5.00. The summed E-state index contributed by atoms with van der Waals surface area (Å²) in [6, 6.07) is 9.06. The third-order valence-electron chi connectivity index (χ3n) is 5.43. The summed E-state index contributed by atoms with van der Waals surface area (Å²) >= 11 is 0. The van der Waals surface area contributed by atoms with Crippen LogP contribution in [0.5, 0.6) is 0 Å². The fourth-order valence-electron chi connectivity index (χ4n) is 3.65. The molecule has 0 unspecified atom stereocenters. The number of nitrogens with one attached hydrogen (secondary N) is 2. The fourth-order valence-corrected chi connectivity index (χ4v) is 4.15. The van der Waals surface area contributed by atoms with Gasteiger partial charge < -0.3 is 5.32 Å². The first-order valence-electron chi connectivity index (χ1n) is 9.28. The van der Waals surface area contributed by atoms with Gasteiger partial charge in [0.05, 0.1) is 18.1 Å². The van der Waals surface area contributed by atoms with Crippen LogP contribution in [0.25, 0.3) is 0 Å². The van der Waals surface area contributed by atoms with Crippen LogP contribution < -0.4 is 10.0 Å². The third kappa shape index (κ3) is 4.35. The average molecular weight is 402 g/mol. The molecule has 1 aliphatic carbocycles. The number of carbonyl (C=O) groups excluding carboxylic acids is 1. The number of hydrogen-bond acceptors (Lipinski definition) is 4. The van der Waals surface area contributed by atoms with Crippen LogP contribution in [0, 0.1) is 0 Å². The molecule has 1 heterocycles. The Hall–Kier alpha value is -2.41. The van der Waals surface area contributed by atoms with Gasteiger partial charge in [0.15, 0.2) is 0 Å². The highest BCUT2D eigenvalue weighted by atomic mass is 32.2. The quantitative estimate of drug-likeness (QED) is 0.809. The summed E-state index contributed by atoms with van der Waals surface area (Å²) in [5.74, 6) is -0.00846. The molecule has 2 N–H and O–H groups in total. The minimum absolute atomic E-state index is 0.0294. The number of benzene rings is 1. The van der Waals surface area contributed by atoms with Crippen LogP contribution in [-0.4, -0.2) is 25.6 Å². The first-order chi connectivity index (χ1) is 12.9. The number of nitrogens with zero attached hydrogens (tertiary/aromatic N) is 1. The van der Waals surface area contributed by atoms with Gasteiger partial charge in [0.2, 0.25) is 10.0 Å². The molecule has 0 spiro atoms. The smallest absolute Gasteiger partial charge is 0.255 e. The van der Waals surface area contributed by atoms with E-state index in [-0.39, 0.29) is 22.6 Å². The molecule has 1 aromatic carbocycles. The van der Waals surface area contributed by atoms with Crippen LogP contribution in [-0.2, 0) is 20.9 Å². The molecule has 0 fully saturated rings. The average Bonchev–Trinajstić information content (AvgIpc) is 2.59. The number of hydrogen-bond donors (Lipinski definition) is 2. The molecule has 28 heavy (non-hydrogen) atoms. The minimum Gasteiger partial charge on any atom is -0.321 e. The van der Waals surface area contributed by atoms with E-state index >= 15 is 0 Å². The van der Waals surface area contributed by atoms with Gasteiger partial charge in [0.1, 0.15) is 5.82 Å². The monoisotopic (exact) mass is 401 g/mol. The Morgan fingerprint density at radius 1 is 1.00 bits per heavy atom. The molecule has 3 rings (SSSR count). The molecule has 6 nitrogen and oxygen atoms in total. The van der Waals surface area contributed by atoms with E-state index in [1.54, 1.807) is 6.07 Å². The number of sulfonamides is 1. The molecule has 1 amide bonds. The normalized spacial score (nSPS) is 17.5. The van der Waals surface area contributed by atoms with Gasteiger partial charge in [-0.3, -0.25) is 9.52 Å². The SMILES string of the molecule is CC1(C)CCC(C)(C)c2cc(C(=O)Nc3ccc(NS(C)(=O)=O)nc3)ccc21. The predicted octanol–water partition coefficient (Wildman–Crippen LogP) is 4.05. The Labute approximate surface area is 166 Å². The summed E-state index contributed by atoms with van der Waals surface area (Å²) in [6.45, 7) is 8.94. The Morgan fingerprint density at radius 2 is 1.64 bits per heavy atom. The topological polar surface area (TPSA) is 88.2 Å². The Bertz CT molecular complexity index is 1010. The van der Waals surface area contributed by atoms with E-state index in [1.807, 2.05) is 12.1 Å². The van der Waals surface area contributed by atoms with Crippen molar-refractivity contribution < 1.29 is 13.2 Å². The maximum atomic E-state index is 12.7.